The van der Waals surface area contributed by atoms with Gasteiger partial charge in [-0.15, -0.1) is 22.7 Å². The predicted octanol–water partition coefficient (Wildman–Crippen LogP) is 1.27. The first-order chi connectivity index (χ1) is 9.17. The van der Waals surface area contributed by atoms with Gasteiger partial charge in [0.05, 0.1) is 23.7 Å². The van der Waals surface area contributed by atoms with E-state index in [1.807, 2.05) is 17.7 Å². The molecule has 0 atom stereocenters. The van der Waals surface area contributed by atoms with Crippen LogP contribution >= 0.6 is 22.7 Å². The van der Waals surface area contributed by atoms with E-state index in [2.05, 4.69) is 15.3 Å². The number of nitrogens with two attached hydrogens (primary N) is 1. The Bertz CT molecular complexity index is 549. The van der Waals surface area contributed by atoms with Crippen LogP contribution in [0, 0.1) is 6.92 Å². The zero-order valence-corrected chi connectivity index (χ0v) is 12.3. The second-order valence-electron chi connectivity index (χ2n) is 4.11. The molecule has 5 nitrogen and oxygen atoms in total. The van der Waals surface area contributed by atoms with Crippen molar-refractivity contribution in [2.45, 2.75) is 26.3 Å². The molecule has 2 rings (SSSR count). The standard InChI is InChI=1S/C12H16N4OS2/c1-8-6-18-12(15-8)5-14-10(17)4-9-7-19-11(16-9)2-3-13/h6-7H,2-5,13H2,1H3,(H,14,17). The largest absolute Gasteiger partial charge is 0.349 e. The monoisotopic (exact) mass is 296 g/mol. The van der Waals surface area contributed by atoms with Gasteiger partial charge in [-0.1, -0.05) is 0 Å². The van der Waals surface area contributed by atoms with Crippen molar-refractivity contribution in [2.75, 3.05) is 6.54 Å². The number of rotatable bonds is 6. The summed E-state index contributed by atoms with van der Waals surface area (Å²) in [6.45, 7) is 3.01. The lowest BCUT2D eigenvalue weighted by molar-refractivity contribution is -0.120. The number of carbonyl (C=O) groups excluding carboxylic acids is 1. The van der Waals surface area contributed by atoms with E-state index in [-0.39, 0.29) is 5.91 Å². The van der Waals surface area contributed by atoms with Crippen molar-refractivity contribution in [2.24, 2.45) is 5.73 Å². The Morgan fingerprint density at radius 3 is 2.79 bits per heavy atom. The maximum atomic E-state index is 11.8. The smallest absolute Gasteiger partial charge is 0.226 e. The highest BCUT2D eigenvalue weighted by Gasteiger charge is 2.08. The maximum absolute atomic E-state index is 11.8. The molecule has 19 heavy (non-hydrogen) atoms. The Morgan fingerprint density at radius 2 is 2.11 bits per heavy atom. The minimum Gasteiger partial charge on any atom is -0.349 e. The molecule has 1 amide bonds. The van der Waals surface area contributed by atoms with Gasteiger partial charge in [-0.3, -0.25) is 4.79 Å². The second kappa shape index (κ2) is 6.74. The van der Waals surface area contributed by atoms with Gasteiger partial charge in [-0.2, -0.15) is 0 Å². The maximum Gasteiger partial charge on any atom is 0.226 e. The van der Waals surface area contributed by atoms with Gasteiger partial charge in [0.2, 0.25) is 5.91 Å². The van der Waals surface area contributed by atoms with E-state index in [0.29, 0.717) is 19.5 Å². The SMILES string of the molecule is Cc1csc(CNC(=O)Cc2csc(CCN)n2)n1. The van der Waals surface area contributed by atoms with E-state index in [1.54, 1.807) is 22.7 Å². The van der Waals surface area contributed by atoms with Gasteiger partial charge in [-0.05, 0) is 13.5 Å². The number of amides is 1. The fourth-order valence-electron chi connectivity index (χ4n) is 1.55. The highest BCUT2D eigenvalue weighted by Crippen LogP contribution is 2.11. The lowest BCUT2D eigenvalue weighted by Gasteiger charge is -2.01. The van der Waals surface area contributed by atoms with Crippen molar-refractivity contribution in [3.63, 3.8) is 0 Å². The summed E-state index contributed by atoms with van der Waals surface area (Å²) in [5.41, 5.74) is 7.26. The normalized spacial score (nSPS) is 10.6. The molecule has 0 aliphatic rings. The fraction of sp³-hybridized carbons (Fsp3) is 0.417. The number of nitrogens with zero attached hydrogens (tertiary/aromatic N) is 2. The Balaban J connectivity index is 1.80. The van der Waals surface area contributed by atoms with Gasteiger partial charge in [0.1, 0.15) is 5.01 Å². The van der Waals surface area contributed by atoms with Crippen LogP contribution in [0.1, 0.15) is 21.4 Å². The average molecular weight is 296 g/mol. The molecule has 0 radical (unpaired) electrons. The van der Waals surface area contributed by atoms with E-state index in [9.17, 15) is 4.79 Å². The summed E-state index contributed by atoms with van der Waals surface area (Å²) in [5.74, 6) is -0.0301. The predicted molar refractivity (Wildman–Crippen MR) is 77.3 cm³/mol. The van der Waals surface area contributed by atoms with Crippen LogP contribution in [0.5, 0.6) is 0 Å². The number of thiazole rings is 2. The molecule has 0 aliphatic heterocycles. The summed E-state index contributed by atoms with van der Waals surface area (Å²) in [7, 11) is 0. The van der Waals surface area contributed by atoms with E-state index in [0.717, 1.165) is 27.8 Å². The molecule has 7 heteroatoms. The van der Waals surface area contributed by atoms with Crippen molar-refractivity contribution in [1.82, 2.24) is 15.3 Å². The summed E-state index contributed by atoms with van der Waals surface area (Å²) in [5, 5.41) is 8.65. The first kappa shape index (κ1) is 14.1. The third-order valence-corrected chi connectivity index (χ3v) is 4.33. The van der Waals surface area contributed by atoms with Crippen LogP contribution in [0.3, 0.4) is 0 Å². The van der Waals surface area contributed by atoms with E-state index < -0.39 is 0 Å². The van der Waals surface area contributed by atoms with E-state index in [4.69, 9.17) is 5.73 Å². The zero-order valence-electron chi connectivity index (χ0n) is 10.7. The van der Waals surface area contributed by atoms with Crippen LogP contribution in [0.15, 0.2) is 10.8 Å². The summed E-state index contributed by atoms with van der Waals surface area (Å²) in [6.07, 6.45) is 1.08. The van der Waals surface area contributed by atoms with Crippen LogP contribution in [0.4, 0.5) is 0 Å². The Morgan fingerprint density at radius 1 is 1.32 bits per heavy atom. The van der Waals surface area contributed by atoms with E-state index in [1.165, 1.54) is 0 Å². The van der Waals surface area contributed by atoms with Gasteiger partial charge in [0.25, 0.3) is 0 Å². The third-order valence-electron chi connectivity index (χ3n) is 2.40. The Hall–Kier alpha value is -1.31. The van der Waals surface area contributed by atoms with Crippen LogP contribution in [-0.2, 0) is 24.2 Å². The fourth-order valence-corrected chi connectivity index (χ4v) is 3.08. The molecule has 2 aromatic heterocycles. The number of hydrogen-bond acceptors (Lipinski definition) is 6. The molecule has 0 aliphatic carbocycles. The van der Waals surface area contributed by atoms with Crippen molar-refractivity contribution in [3.8, 4) is 0 Å². The van der Waals surface area contributed by atoms with Gasteiger partial charge >= 0.3 is 0 Å². The molecule has 0 aromatic carbocycles. The molecule has 0 saturated carbocycles. The minimum absolute atomic E-state index is 0.0301. The van der Waals surface area contributed by atoms with Gasteiger partial charge < -0.3 is 11.1 Å². The molecule has 0 fully saturated rings. The average Bonchev–Trinajstić information content (AvgIpc) is 2.97. The summed E-state index contributed by atoms with van der Waals surface area (Å²) in [6, 6.07) is 0. The van der Waals surface area contributed by atoms with Crippen LogP contribution < -0.4 is 11.1 Å². The number of aromatic nitrogens is 2. The first-order valence-electron chi connectivity index (χ1n) is 5.98. The summed E-state index contributed by atoms with van der Waals surface area (Å²) in [4.78, 5) is 20.4. The second-order valence-corrected chi connectivity index (χ2v) is 5.99. The van der Waals surface area contributed by atoms with Gasteiger partial charge in [0, 0.05) is 22.9 Å². The number of carbonyl (C=O) groups is 1. The molecular formula is C12H16N4OS2. The molecule has 0 bridgehead atoms. The molecule has 3 N–H and O–H groups in total. The molecular weight excluding hydrogens is 280 g/mol. The molecule has 102 valence electrons. The minimum atomic E-state index is -0.0301. The lowest BCUT2D eigenvalue weighted by Crippen LogP contribution is -2.24. The molecule has 2 heterocycles. The van der Waals surface area contributed by atoms with Crippen LogP contribution in [0.2, 0.25) is 0 Å². The van der Waals surface area contributed by atoms with Crippen molar-refractivity contribution in [1.29, 1.82) is 0 Å². The Kier molecular flexibility index (Phi) is 5.00. The number of nitrogens with one attached hydrogen (secondary N) is 1. The first-order valence-corrected chi connectivity index (χ1v) is 7.74. The quantitative estimate of drug-likeness (QED) is 0.841. The molecule has 0 saturated heterocycles. The van der Waals surface area contributed by atoms with Gasteiger partial charge in [-0.25, -0.2) is 9.97 Å². The van der Waals surface area contributed by atoms with Crippen molar-refractivity contribution < 1.29 is 4.79 Å². The van der Waals surface area contributed by atoms with Crippen molar-refractivity contribution in [3.05, 3.63) is 32.2 Å². The van der Waals surface area contributed by atoms with Crippen molar-refractivity contribution >= 4 is 28.6 Å². The third kappa shape index (κ3) is 4.38. The number of hydrogen-bond donors (Lipinski definition) is 2. The van der Waals surface area contributed by atoms with E-state index >= 15 is 0 Å². The molecule has 0 spiro atoms. The Labute approximate surface area is 119 Å². The summed E-state index contributed by atoms with van der Waals surface area (Å²) >= 11 is 3.11. The highest BCUT2D eigenvalue weighted by atomic mass is 32.1. The van der Waals surface area contributed by atoms with Crippen LogP contribution in [-0.4, -0.2) is 22.4 Å². The molecule has 2 aromatic rings. The van der Waals surface area contributed by atoms with Crippen LogP contribution in [0.25, 0.3) is 0 Å². The topological polar surface area (TPSA) is 80.9 Å². The summed E-state index contributed by atoms with van der Waals surface area (Å²) < 4.78 is 0. The molecule has 0 unspecified atom stereocenters. The zero-order chi connectivity index (χ0) is 13.7. The van der Waals surface area contributed by atoms with Gasteiger partial charge in [0.15, 0.2) is 0 Å². The highest BCUT2D eigenvalue weighted by molar-refractivity contribution is 7.09. The number of aryl methyl sites for hydroxylation is 1. The lowest BCUT2D eigenvalue weighted by atomic mass is 10.3.